The number of hydrogen-bond donors (Lipinski definition) is 1. The van der Waals surface area contributed by atoms with Crippen LogP contribution in [-0.2, 0) is 6.54 Å². The highest BCUT2D eigenvalue weighted by atomic mass is 79.9. The van der Waals surface area contributed by atoms with Crippen LogP contribution in [-0.4, -0.2) is 0 Å². The summed E-state index contributed by atoms with van der Waals surface area (Å²) in [5.41, 5.74) is 1.52. The number of nitriles is 2. The van der Waals surface area contributed by atoms with Gasteiger partial charge in [0, 0.05) is 5.69 Å². The van der Waals surface area contributed by atoms with E-state index >= 15 is 0 Å². The molecule has 2 aromatic rings. The highest BCUT2D eigenvalue weighted by Crippen LogP contribution is 2.18. The number of furan rings is 1. The number of hydrogen-bond acceptors (Lipinski definition) is 4. The largest absolute Gasteiger partial charge is 0.452 e. The van der Waals surface area contributed by atoms with Crippen molar-refractivity contribution in [1.29, 1.82) is 10.5 Å². The van der Waals surface area contributed by atoms with Crippen LogP contribution in [0.15, 0.2) is 39.4 Å². The summed E-state index contributed by atoms with van der Waals surface area (Å²) in [6.45, 7) is 0.516. The number of anilines is 1. The van der Waals surface area contributed by atoms with Gasteiger partial charge in [-0.2, -0.15) is 10.5 Å². The summed E-state index contributed by atoms with van der Waals surface area (Å²) in [5.74, 6) is 0.782. The minimum atomic E-state index is 0.364. The molecule has 0 saturated heterocycles. The Morgan fingerprint density at radius 2 is 1.89 bits per heavy atom. The summed E-state index contributed by atoms with van der Waals surface area (Å²) in [5, 5.41) is 20.8. The molecule has 0 aliphatic heterocycles. The van der Waals surface area contributed by atoms with E-state index < -0.39 is 0 Å². The normalized spacial score (nSPS) is 9.50. The first kappa shape index (κ1) is 12.2. The van der Waals surface area contributed by atoms with Gasteiger partial charge < -0.3 is 9.73 Å². The molecule has 1 aromatic carbocycles. The lowest BCUT2D eigenvalue weighted by Crippen LogP contribution is -1.98. The van der Waals surface area contributed by atoms with E-state index in [9.17, 15) is 0 Å². The quantitative estimate of drug-likeness (QED) is 0.943. The molecule has 1 N–H and O–H groups in total. The average Bonchev–Trinajstić information content (AvgIpc) is 2.81. The van der Waals surface area contributed by atoms with Crippen molar-refractivity contribution >= 4 is 21.6 Å². The zero-order valence-corrected chi connectivity index (χ0v) is 10.9. The molecule has 88 valence electrons. The lowest BCUT2D eigenvalue weighted by Gasteiger charge is -2.05. The molecule has 1 heterocycles. The van der Waals surface area contributed by atoms with Gasteiger partial charge in [-0.15, -0.1) is 0 Å². The van der Waals surface area contributed by atoms with E-state index in [4.69, 9.17) is 14.9 Å². The minimum Gasteiger partial charge on any atom is -0.452 e. The van der Waals surface area contributed by atoms with Gasteiger partial charge in [0.05, 0.1) is 17.7 Å². The fraction of sp³-hybridized carbons (Fsp3) is 0.0769. The van der Waals surface area contributed by atoms with E-state index in [0.717, 1.165) is 11.4 Å². The van der Waals surface area contributed by atoms with Crippen molar-refractivity contribution in [3.05, 3.63) is 51.9 Å². The van der Waals surface area contributed by atoms with E-state index in [1.165, 1.54) is 0 Å². The fourth-order valence-electron chi connectivity index (χ4n) is 1.48. The molecule has 0 bridgehead atoms. The van der Waals surface area contributed by atoms with Gasteiger partial charge in [0.15, 0.2) is 4.67 Å². The third-order valence-electron chi connectivity index (χ3n) is 2.36. The predicted octanol–water partition coefficient (Wildman–Crippen LogP) is 3.40. The van der Waals surface area contributed by atoms with Crippen molar-refractivity contribution in [2.24, 2.45) is 0 Å². The summed E-state index contributed by atoms with van der Waals surface area (Å²) in [7, 11) is 0. The summed E-state index contributed by atoms with van der Waals surface area (Å²) in [4.78, 5) is 0. The minimum absolute atomic E-state index is 0.364. The molecule has 2 rings (SSSR count). The van der Waals surface area contributed by atoms with Crippen LogP contribution in [0.3, 0.4) is 0 Å². The molecule has 0 unspecified atom stereocenters. The Morgan fingerprint density at radius 1 is 1.11 bits per heavy atom. The monoisotopic (exact) mass is 301 g/mol. The first-order valence-electron chi connectivity index (χ1n) is 5.15. The molecule has 4 nitrogen and oxygen atoms in total. The van der Waals surface area contributed by atoms with Gasteiger partial charge in [-0.25, -0.2) is 0 Å². The molecular weight excluding hydrogens is 294 g/mol. The second-order valence-corrected chi connectivity index (χ2v) is 4.32. The van der Waals surface area contributed by atoms with E-state index in [0.29, 0.717) is 22.3 Å². The molecule has 0 spiro atoms. The molecule has 0 saturated carbocycles. The first-order chi connectivity index (χ1) is 8.72. The van der Waals surface area contributed by atoms with Crippen molar-refractivity contribution < 1.29 is 4.42 Å². The van der Waals surface area contributed by atoms with Crippen molar-refractivity contribution in [2.75, 3.05) is 5.32 Å². The number of nitrogens with one attached hydrogen (secondary N) is 1. The Morgan fingerprint density at radius 3 is 2.50 bits per heavy atom. The van der Waals surface area contributed by atoms with E-state index in [-0.39, 0.29) is 0 Å². The molecule has 0 amide bonds. The first-order valence-corrected chi connectivity index (χ1v) is 5.94. The highest BCUT2D eigenvalue weighted by Gasteiger charge is 2.04. The Hall–Kier alpha value is -2.24. The summed E-state index contributed by atoms with van der Waals surface area (Å²) in [6.07, 6.45) is 0. The smallest absolute Gasteiger partial charge is 0.169 e. The Kier molecular flexibility index (Phi) is 3.66. The van der Waals surface area contributed by atoms with Gasteiger partial charge in [-0.05, 0) is 46.3 Å². The molecule has 5 heteroatoms. The molecular formula is C13H8BrN3O. The number of benzene rings is 1. The van der Waals surface area contributed by atoms with Crippen molar-refractivity contribution in [3.8, 4) is 12.1 Å². The van der Waals surface area contributed by atoms with Gasteiger partial charge in [-0.1, -0.05) is 0 Å². The lowest BCUT2D eigenvalue weighted by molar-refractivity contribution is 0.495. The molecule has 1 aromatic heterocycles. The lowest BCUT2D eigenvalue weighted by atomic mass is 10.1. The summed E-state index contributed by atoms with van der Waals surface area (Å²) in [6, 6.07) is 12.7. The Labute approximate surface area is 113 Å². The third-order valence-corrected chi connectivity index (χ3v) is 2.78. The summed E-state index contributed by atoms with van der Waals surface area (Å²) >= 11 is 3.23. The Bertz CT molecular complexity index is 649. The van der Waals surface area contributed by atoms with E-state index in [2.05, 4.69) is 21.2 Å². The van der Waals surface area contributed by atoms with Gasteiger partial charge >= 0.3 is 0 Å². The Balaban J connectivity index is 2.11. The molecule has 0 aliphatic carbocycles. The van der Waals surface area contributed by atoms with Gasteiger partial charge in [0.2, 0.25) is 0 Å². The third kappa shape index (κ3) is 2.71. The van der Waals surface area contributed by atoms with Crippen LogP contribution in [0.4, 0.5) is 5.69 Å². The second kappa shape index (κ2) is 5.39. The van der Waals surface area contributed by atoms with Crippen LogP contribution >= 0.6 is 15.9 Å². The zero-order valence-electron chi connectivity index (χ0n) is 9.27. The highest BCUT2D eigenvalue weighted by molar-refractivity contribution is 9.10. The maximum absolute atomic E-state index is 8.91. The SMILES string of the molecule is N#Cc1ccc(NCc2ccc(Br)o2)cc1C#N. The molecule has 0 fully saturated rings. The van der Waals surface area contributed by atoms with Gasteiger partial charge in [0.1, 0.15) is 17.9 Å². The number of nitrogens with zero attached hydrogens (tertiary/aromatic N) is 2. The predicted molar refractivity (Wildman–Crippen MR) is 69.6 cm³/mol. The van der Waals surface area contributed by atoms with Crippen LogP contribution in [0.5, 0.6) is 0 Å². The van der Waals surface area contributed by atoms with Crippen LogP contribution in [0, 0.1) is 22.7 Å². The standard InChI is InChI=1S/C13H8BrN3O/c14-13-4-3-12(18-13)8-17-11-2-1-9(6-15)10(5-11)7-16/h1-5,17H,8H2. The van der Waals surface area contributed by atoms with Crippen LogP contribution in [0.2, 0.25) is 0 Å². The van der Waals surface area contributed by atoms with Crippen LogP contribution < -0.4 is 5.32 Å². The average molecular weight is 302 g/mol. The van der Waals surface area contributed by atoms with E-state index in [1.54, 1.807) is 18.2 Å². The molecule has 0 atom stereocenters. The van der Waals surface area contributed by atoms with E-state index in [1.807, 2.05) is 24.3 Å². The maximum Gasteiger partial charge on any atom is 0.169 e. The molecule has 0 aliphatic rings. The number of rotatable bonds is 3. The zero-order chi connectivity index (χ0) is 13.0. The van der Waals surface area contributed by atoms with Crippen LogP contribution in [0.1, 0.15) is 16.9 Å². The number of halogens is 1. The van der Waals surface area contributed by atoms with Crippen molar-refractivity contribution in [1.82, 2.24) is 0 Å². The van der Waals surface area contributed by atoms with Gasteiger partial charge in [-0.3, -0.25) is 0 Å². The van der Waals surface area contributed by atoms with Crippen molar-refractivity contribution in [3.63, 3.8) is 0 Å². The summed E-state index contributed by atoms with van der Waals surface area (Å²) < 4.78 is 6.02. The molecule has 0 radical (unpaired) electrons. The maximum atomic E-state index is 8.91. The fourth-order valence-corrected chi connectivity index (χ4v) is 1.82. The topological polar surface area (TPSA) is 72.8 Å². The van der Waals surface area contributed by atoms with Crippen molar-refractivity contribution in [2.45, 2.75) is 6.54 Å². The van der Waals surface area contributed by atoms with Gasteiger partial charge in [0.25, 0.3) is 0 Å². The van der Waals surface area contributed by atoms with Crippen LogP contribution in [0.25, 0.3) is 0 Å². The molecule has 18 heavy (non-hydrogen) atoms. The second-order valence-electron chi connectivity index (χ2n) is 3.54.